The van der Waals surface area contributed by atoms with Crippen molar-refractivity contribution in [2.45, 2.75) is 367 Å². The monoisotopic (exact) mass is 927 g/mol. The summed E-state index contributed by atoms with van der Waals surface area (Å²) in [5, 5.41) is 3.09. The number of rotatable bonds is 54. The van der Waals surface area contributed by atoms with Gasteiger partial charge in [-0.05, 0) is 66.0 Å². The number of fused-ring (bicyclic) bond motifs is 1. The molecular weight excluding hydrogens is 805 g/mol. The van der Waals surface area contributed by atoms with Crippen LogP contribution in [0.1, 0.15) is 365 Å². The number of hydrogen-bond donors (Lipinski definition) is 0. The molecule has 0 atom stereocenters. The van der Waals surface area contributed by atoms with E-state index in [1.54, 1.807) is 22.1 Å². The molecule has 0 saturated carbocycles. The molecule has 0 aliphatic carbocycles. The molecule has 0 heterocycles. The van der Waals surface area contributed by atoms with Crippen molar-refractivity contribution < 1.29 is 0 Å². The molecule has 0 aromatic heterocycles. The van der Waals surface area contributed by atoms with Gasteiger partial charge in [-0.1, -0.05) is 359 Å². The quantitative estimate of drug-likeness (QED) is 0.0580. The molecule has 2 aromatic rings. The lowest BCUT2D eigenvalue weighted by Crippen LogP contribution is -2.04. The van der Waals surface area contributed by atoms with E-state index in [9.17, 15) is 0 Å². The highest BCUT2D eigenvalue weighted by Gasteiger charge is 2.14. The predicted octanol–water partition coefficient (Wildman–Crippen LogP) is 24.4. The minimum absolute atomic E-state index is 1.29. The highest BCUT2D eigenvalue weighted by Crippen LogP contribution is 2.31. The molecule has 2 aromatic carbocycles. The normalized spacial score (nSPS) is 11.7. The van der Waals surface area contributed by atoms with Crippen molar-refractivity contribution in [3.05, 3.63) is 47.0 Å². The first-order valence-electron chi connectivity index (χ1n) is 31.8. The van der Waals surface area contributed by atoms with Crippen LogP contribution in [0.2, 0.25) is 0 Å². The maximum atomic E-state index is 2.64. The van der Waals surface area contributed by atoms with Crippen molar-refractivity contribution in [2.75, 3.05) is 0 Å². The summed E-state index contributed by atoms with van der Waals surface area (Å²) in [6, 6.07) is 12.1. The number of unbranched alkanes of at least 4 members (excludes halogenated alkanes) is 48. The Bertz CT molecular complexity index is 1270. The van der Waals surface area contributed by atoms with Crippen molar-refractivity contribution in [1.82, 2.24) is 0 Å². The van der Waals surface area contributed by atoms with Crippen molar-refractivity contribution >= 4 is 10.8 Å². The molecule has 0 nitrogen and oxygen atoms in total. The van der Waals surface area contributed by atoms with Crippen LogP contribution in [-0.4, -0.2) is 0 Å². The van der Waals surface area contributed by atoms with E-state index in [1.165, 1.54) is 352 Å². The third kappa shape index (κ3) is 37.2. The molecule has 0 aliphatic rings. The van der Waals surface area contributed by atoms with Gasteiger partial charge in [-0.15, -0.1) is 0 Å². The molecule has 0 spiro atoms. The maximum absolute atomic E-state index is 2.64. The summed E-state index contributed by atoms with van der Waals surface area (Å²) in [4.78, 5) is 0. The van der Waals surface area contributed by atoms with Gasteiger partial charge in [0, 0.05) is 0 Å². The smallest absolute Gasteiger partial charge is 0.0149 e. The molecule has 0 radical (unpaired) electrons. The van der Waals surface area contributed by atoms with Crippen LogP contribution in [-0.2, 0) is 19.3 Å². The third-order valence-electron chi connectivity index (χ3n) is 16.0. The molecule has 0 N–H and O–H groups in total. The van der Waals surface area contributed by atoms with Gasteiger partial charge in [0.05, 0.1) is 0 Å². The van der Waals surface area contributed by atoms with Crippen LogP contribution in [0.4, 0.5) is 0 Å². The van der Waals surface area contributed by atoms with Gasteiger partial charge >= 0.3 is 0 Å². The van der Waals surface area contributed by atoms with Gasteiger partial charge in [0.15, 0.2) is 0 Å². The summed E-state index contributed by atoms with van der Waals surface area (Å²) < 4.78 is 0. The summed E-state index contributed by atoms with van der Waals surface area (Å²) in [5.74, 6) is 0. The van der Waals surface area contributed by atoms with Crippen molar-refractivity contribution in [3.8, 4) is 0 Å². The van der Waals surface area contributed by atoms with Crippen molar-refractivity contribution in [3.63, 3.8) is 0 Å². The molecular formula is C67H122. The van der Waals surface area contributed by atoms with Gasteiger partial charge in [0.2, 0.25) is 0 Å². The largest absolute Gasteiger partial charge is 0.0654 e. The van der Waals surface area contributed by atoms with E-state index in [-0.39, 0.29) is 0 Å². The lowest BCUT2D eigenvalue weighted by molar-refractivity contribution is 0.525. The van der Waals surface area contributed by atoms with Crippen molar-refractivity contribution in [2.24, 2.45) is 0 Å². The molecule has 2 rings (SSSR count). The molecule has 0 aliphatic heterocycles. The Hall–Kier alpha value is -1.30. The Kier molecular flexibility index (Phi) is 45.8. The van der Waals surface area contributed by atoms with E-state index in [1.807, 2.05) is 0 Å². The van der Waals surface area contributed by atoms with Gasteiger partial charge in [0.1, 0.15) is 0 Å². The van der Waals surface area contributed by atoms with E-state index in [0.29, 0.717) is 0 Å². The number of aryl methyl sites for hydroxylation is 2. The van der Waals surface area contributed by atoms with Crippen LogP contribution in [0.5, 0.6) is 0 Å². The molecule has 67 heavy (non-hydrogen) atoms. The first kappa shape index (κ1) is 61.8. The van der Waals surface area contributed by atoms with Crippen LogP contribution in [0.15, 0.2) is 30.3 Å². The van der Waals surface area contributed by atoms with Crippen LogP contribution in [0.25, 0.3) is 10.8 Å². The lowest BCUT2D eigenvalue weighted by Gasteiger charge is -2.19. The first-order valence-corrected chi connectivity index (χ1v) is 31.8. The fourth-order valence-electron chi connectivity index (χ4n) is 11.4. The fraction of sp³-hybridized carbons (Fsp3) is 0.851. The Morgan fingerprint density at radius 1 is 0.224 bits per heavy atom. The average Bonchev–Trinajstić information content (AvgIpc) is 3.34. The Morgan fingerprint density at radius 3 is 0.731 bits per heavy atom. The summed E-state index contributed by atoms with van der Waals surface area (Å²) in [6.07, 6.45) is 77.9. The van der Waals surface area contributed by atoms with Crippen LogP contribution in [0, 0.1) is 0 Å². The third-order valence-corrected chi connectivity index (χ3v) is 16.0. The van der Waals surface area contributed by atoms with E-state index in [4.69, 9.17) is 0 Å². The average molecular weight is 928 g/mol. The fourth-order valence-corrected chi connectivity index (χ4v) is 11.4. The van der Waals surface area contributed by atoms with Crippen LogP contribution in [0.3, 0.4) is 0 Å². The molecule has 0 amide bonds. The van der Waals surface area contributed by atoms with Crippen LogP contribution >= 0.6 is 0 Å². The minimum atomic E-state index is 1.29. The molecule has 390 valence electrons. The van der Waals surface area contributed by atoms with E-state index < -0.39 is 0 Å². The van der Waals surface area contributed by atoms with Gasteiger partial charge in [-0.2, -0.15) is 0 Å². The Balaban J connectivity index is 1.75. The highest BCUT2D eigenvalue weighted by atomic mass is 14.2. The second kappa shape index (κ2) is 49.7. The summed E-state index contributed by atoms with van der Waals surface area (Å²) in [7, 11) is 0. The standard InChI is InChI=1S/C67H122/c1-4-7-10-13-16-19-22-25-28-31-34-37-40-43-46-49-52-57-63-62-64-58-55-56-60-66(64)67(61-54-51-48-45-42-39-36-33-30-27-24-21-18-15-12-9-6-3)65(63)59-53-50-47-44-41-38-35-32-29-26-23-20-17-14-11-8-5-2/h55-56,58,60,62H,4-54,57,59,61H2,1-3H3. The summed E-state index contributed by atoms with van der Waals surface area (Å²) in [5.41, 5.74) is 5.25. The number of hydrogen-bond acceptors (Lipinski definition) is 0. The number of benzene rings is 2. The zero-order valence-corrected chi connectivity index (χ0v) is 46.6. The van der Waals surface area contributed by atoms with E-state index >= 15 is 0 Å². The SMILES string of the molecule is CCCCCCCCCCCCCCCCCCCc1cc2ccccc2c(CCCCCCCCCCCCCCCCCCC)c1CCCCCCCCCCCCCCCCCCC. The van der Waals surface area contributed by atoms with Gasteiger partial charge < -0.3 is 0 Å². The highest BCUT2D eigenvalue weighted by molar-refractivity contribution is 5.88. The van der Waals surface area contributed by atoms with Gasteiger partial charge in [-0.3, -0.25) is 0 Å². The topological polar surface area (TPSA) is 0 Å². The molecule has 0 saturated heterocycles. The van der Waals surface area contributed by atoms with E-state index in [2.05, 4.69) is 51.1 Å². The zero-order chi connectivity index (χ0) is 47.6. The second-order valence-electron chi connectivity index (χ2n) is 22.4. The zero-order valence-electron chi connectivity index (χ0n) is 46.6. The predicted molar refractivity (Wildman–Crippen MR) is 308 cm³/mol. The first-order chi connectivity index (χ1) is 33.3. The van der Waals surface area contributed by atoms with Gasteiger partial charge in [0.25, 0.3) is 0 Å². The van der Waals surface area contributed by atoms with Crippen molar-refractivity contribution in [1.29, 1.82) is 0 Å². The van der Waals surface area contributed by atoms with E-state index in [0.717, 1.165) is 0 Å². The van der Waals surface area contributed by atoms with Gasteiger partial charge in [-0.25, -0.2) is 0 Å². The van der Waals surface area contributed by atoms with Crippen LogP contribution < -0.4 is 0 Å². The molecule has 0 heteroatoms. The second-order valence-corrected chi connectivity index (χ2v) is 22.4. The summed E-state index contributed by atoms with van der Waals surface area (Å²) in [6.45, 7) is 6.96. The Labute approximate surface area is 423 Å². The maximum Gasteiger partial charge on any atom is -0.0149 e. The Morgan fingerprint density at radius 2 is 0.448 bits per heavy atom. The summed E-state index contributed by atoms with van der Waals surface area (Å²) >= 11 is 0. The molecule has 0 bridgehead atoms. The molecule has 0 unspecified atom stereocenters. The lowest BCUT2D eigenvalue weighted by atomic mass is 9.86. The minimum Gasteiger partial charge on any atom is -0.0654 e. The molecule has 0 fully saturated rings.